The van der Waals surface area contributed by atoms with Crippen LogP contribution in [0, 0.1) is 6.92 Å². The molecule has 48 valence electrons. The van der Waals surface area contributed by atoms with Gasteiger partial charge in [-0.15, -0.1) is 0 Å². The predicted octanol–water partition coefficient (Wildman–Crippen LogP) is 1.97. The van der Waals surface area contributed by atoms with E-state index in [2.05, 4.69) is 0 Å². The third kappa shape index (κ3) is 1.13. The monoisotopic (exact) mass is 144 g/mol. The number of aryl methyl sites for hydroxylation is 1. The van der Waals surface area contributed by atoms with E-state index in [9.17, 15) is 4.79 Å². The molecule has 0 saturated carbocycles. The average Bonchev–Trinajstić information content (AvgIpc) is 2.13. The number of halogens is 1. The number of carbonyl (C=O) groups excluding carboxylic acids is 1. The van der Waals surface area contributed by atoms with Gasteiger partial charge in [-0.25, -0.2) is 0 Å². The van der Waals surface area contributed by atoms with E-state index in [0.717, 1.165) is 5.56 Å². The number of hydrogen-bond donors (Lipinski definition) is 0. The fourth-order valence-electron chi connectivity index (χ4n) is 0.574. The molecule has 0 amide bonds. The summed E-state index contributed by atoms with van der Waals surface area (Å²) < 4.78 is 4.74. The summed E-state index contributed by atoms with van der Waals surface area (Å²) in [6.07, 6.45) is 1.44. The molecule has 0 bridgehead atoms. The van der Waals surface area contributed by atoms with E-state index in [1.165, 1.54) is 6.26 Å². The lowest BCUT2D eigenvalue weighted by Gasteiger charge is -1.84. The normalized spacial score (nSPS) is 9.56. The molecule has 0 atom stereocenters. The van der Waals surface area contributed by atoms with E-state index in [0.29, 0.717) is 0 Å². The standard InChI is InChI=1S/C6H5ClO2/c1-4-2-3-9-5(4)6(7)8/h2-3H,1H3. The van der Waals surface area contributed by atoms with Crippen LogP contribution in [-0.4, -0.2) is 5.24 Å². The maximum atomic E-state index is 10.4. The number of hydrogen-bond acceptors (Lipinski definition) is 2. The highest BCUT2D eigenvalue weighted by Crippen LogP contribution is 2.10. The molecule has 0 saturated heterocycles. The fourth-order valence-corrected chi connectivity index (χ4v) is 0.768. The van der Waals surface area contributed by atoms with Crippen LogP contribution >= 0.6 is 11.6 Å². The van der Waals surface area contributed by atoms with E-state index >= 15 is 0 Å². The molecule has 1 aromatic rings. The zero-order valence-electron chi connectivity index (χ0n) is 4.85. The predicted molar refractivity (Wildman–Crippen MR) is 33.6 cm³/mol. The summed E-state index contributed by atoms with van der Waals surface area (Å²) in [5.41, 5.74) is 0.773. The molecular weight excluding hydrogens is 140 g/mol. The first kappa shape index (κ1) is 6.36. The summed E-state index contributed by atoms with van der Waals surface area (Å²) in [5.74, 6) is 0.233. The number of carbonyl (C=O) groups is 1. The van der Waals surface area contributed by atoms with Gasteiger partial charge in [-0.1, -0.05) is 0 Å². The Morgan fingerprint density at radius 1 is 1.78 bits per heavy atom. The van der Waals surface area contributed by atoms with Crippen LogP contribution in [0.4, 0.5) is 0 Å². The van der Waals surface area contributed by atoms with E-state index in [1.807, 2.05) is 0 Å². The van der Waals surface area contributed by atoms with Crippen molar-refractivity contribution in [3.63, 3.8) is 0 Å². The fraction of sp³-hybridized carbons (Fsp3) is 0.167. The Morgan fingerprint density at radius 2 is 2.44 bits per heavy atom. The Bertz CT molecular complexity index is 227. The van der Waals surface area contributed by atoms with Crippen molar-refractivity contribution >= 4 is 16.8 Å². The van der Waals surface area contributed by atoms with Crippen molar-refractivity contribution in [2.24, 2.45) is 0 Å². The lowest BCUT2D eigenvalue weighted by Crippen LogP contribution is -1.86. The minimum atomic E-state index is -0.544. The number of rotatable bonds is 1. The Balaban J connectivity index is 3.08. The molecular formula is C6H5ClO2. The van der Waals surface area contributed by atoms with Gasteiger partial charge in [0.15, 0.2) is 5.76 Å². The van der Waals surface area contributed by atoms with Gasteiger partial charge in [0.25, 0.3) is 5.24 Å². The molecule has 9 heavy (non-hydrogen) atoms. The Labute approximate surface area is 57.4 Å². The Morgan fingerprint density at radius 3 is 2.67 bits per heavy atom. The van der Waals surface area contributed by atoms with Crippen LogP contribution in [-0.2, 0) is 0 Å². The molecule has 0 radical (unpaired) electrons. The summed E-state index contributed by atoms with van der Waals surface area (Å²) in [4.78, 5) is 10.4. The van der Waals surface area contributed by atoms with Crippen molar-refractivity contribution in [3.05, 3.63) is 23.7 Å². The van der Waals surface area contributed by atoms with Crippen LogP contribution in [0.2, 0.25) is 0 Å². The first-order valence-corrected chi connectivity index (χ1v) is 2.83. The summed E-state index contributed by atoms with van der Waals surface area (Å²) in [6.45, 7) is 1.76. The van der Waals surface area contributed by atoms with Gasteiger partial charge in [-0.2, -0.15) is 0 Å². The summed E-state index contributed by atoms with van der Waals surface area (Å²) in [6, 6.07) is 1.69. The Hall–Kier alpha value is -0.760. The van der Waals surface area contributed by atoms with Crippen LogP contribution in [0.15, 0.2) is 16.7 Å². The maximum Gasteiger partial charge on any atom is 0.288 e. The first-order chi connectivity index (χ1) is 4.22. The van der Waals surface area contributed by atoms with Crippen molar-refractivity contribution in [2.45, 2.75) is 6.92 Å². The van der Waals surface area contributed by atoms with Gasteiger partial charge in [-0.05, 0) is 30.2 Å². The second-order valence-electron chi connectivity index (χ2n) is 1.71. The second-order valence-corrected chi connectivity index (χ2v) is 2.05. The molecule has 3 heteroatoms. The van der Waals surface area contributed by atoms with E-state index in [4.69, 9.17) is 16.0 Å². The Kier molecular flexibility index (Phi) is 1.58. The van der Waals surface area contributed by atoms with Crippen molar-refractivity contribution in [1.82, 2.24) is 0 Å². The summed E-state index contributed by atoms with van der Waals surface area (Å²) in [5, 5.41) is -0.544. The molecule has 1 aromatic heterocycles. The number of furan rings is 1. The van der Waals surface area contributed by atoms with Gasteiger partial charge in [0.2, 0.25) is 0 Å². The highest BCUT2D eigenvalue weighted by atomic mass is 35.5. The lowest BCUT2D eigenvalue weighted by molar-refractivity contribution is 0.105. The minimum Gasteiger partial charge on any atom is -0.460 e. The second kappa shape index (κ2) is 2.23. The van der Waals surface area contributed by atoms with Crippen molar-refractivity contribution < 1.29 is 9.21 Å². The molecule has 0 aromatic carbocycles. The van der Waals surface area contributed by atoms with E-state index < -0.39 is 5.24 Å². The highest BCUT2D eigenvalue weighted by Gasteiger charge is 2.07. The largest absolute Gasteiger partial charge is 0.460 e. The maximum absolute atomic E-state index is 10.4. The van der Waals surface area contributed by atoms with Gasteiger partial charge in [0, 0.05) is 0 Å². The third-order valence-electron chi connectivity index (χ3n) is 1.04. The zero-order valence-corrected chi connectivity index (χ0v) is 5.61. The van der Waals surface area contributed by atoms with Gasteiger partial charge in [-0.3, -0.25) is 4.79 Å². The van der Waals surface area contributed by atoms with Crippen molar-refractivity contribution in [1.29, 1.82) is 0 Å². The summed E-state index contributed by atoms with van der Waals surface area (Å²) in [7, 11) is 0. The molecule has 0 unspecified atom stereocenters. The third-order valence-corrected chi connectivity index (χ3v) is 1.21. The van der Waals surface area contributed by atoms with Gasteiger partial charge < -0.3 is 4.42 Å². The molecule has 1 rings (SSSR count). The van der Waals surface area contributed by atoms with Crippen LogP contribution in [0.3, 0.4) is 0 Å². The molecule has 1 heterocycles. The highest BCUT2D eigenvalue weighted by molar-refractivity contribution is 6.67. The molecule has 0 N–H and O–H groups in total. The minimum absolute atomic E-state index is 0.233. The van der Waals surface area contributed by atoms with E-state index in [1.54, 1.807) is 13.0 Å². The smallest absolute Gasteiger partial charge is 0.288 e. The molecule has 0 spiro atoms. The SMILES string of the molecule is Cc1ccoc1C(=O)Cl. The van der Waals surface area contributed by atoms with Crippen molar-refractivity contribution in [2.75, 3.05) is 0 Å². The van der Waals surface area contributed by atoms with E-state index in [-0.39, 0.29) is 5.76 Å². The van der Waals surface area contributed by atoms with Crippen LogP contribution < -0.4 is 0 Å². The van der Waals surface area contributed by atoms with Gasteiger partial charge in [0.05, 0.1) is 6.26 Å². The molecule has 2 nitrogen and oxygen atoms in total. The molecule has 0 fully saturated rings. The van der Waals surface area contributed by atoms with Crippen LogP contribution in [0.25, 0.3) is 0 Å². The van der Waals surface area contributed by atoms with Crippen molar-refractivity contribution in [3.8, 4) is 0 Å². The lowest BCUT2D eigenvalue weighted by atomic mass is 10.3. The molecule has 0 aliphatic rings. The zero-order chi connectivity index (χ0) is 6.85. The van der Waals surface area contributed by atoms with Crippen LogP contribution in [0.5, 0.6) is 0 Å². The summed E-state index contributed by atoms with van der Waals surface area (Å²) >= 11 is 5.12. The van der Waals surface area contributed by atoms with Gasteiger partial charge in [0.1, 0.15) is 0 Å². The quantitative estimate of drug-likeness (QED) is 0.564. The van der Waals surface area contributed by atoms with Gasteiger partial charge >= 0.3 is 0 Å². The average molecular weight is 145 g/mol. The van der Waals surface area contributed by atoms with Crippen LogP contribution in [0.1, 0.15) is 16.1 Å². The molecule has 0 aliphatic carbocycles. The molecule has 0 aliphatic heterocycles. The first-order valence-electron chi connectivity index (χ1n) is 2.45. The topological polar surface area (TPSA) is 30.2 Å².